The molecule has 1 aliphatic carbocycles. The highest BCUT2D eigenvalue weighted by atomic mass is 16.4. The van der Waals surface area contributed by atoms with Crippen LogP contribution in [0.3, 0.4) is 0 Å². The maximum absolute atomic E-state index is 11.9. The van der Waals surface area contributed by atoms with Gasteiger partial charge in [-0.3, -0.25) is 0 Å². The van der Waals surface area contributed by atoms with Crippen molar-refractivity contribution in [3.63, 3.8) is 0 Å². The van der Waals surface area contributed by atoms with Gasteiger partial charge in [-0.25, -0.2) is 19.3 Å². The summed E-state index contributed by atoms with van der Waals surface area (Å²) in [5.74, 6) is -1.30. The van der Waals surface area contributed by atoms with E-state index in [9.17, 15) is 14.4 Å². The predicted octanol–water partition coefficient (Wildman–Crippen LogP) is 0.964. The van der Waals surface area contributed by atoms with Crippen LogP contribution in [-0.4, -0.2) is 56.7 Å². The lowest BCUT2D eigenvalue weighted by atomic mass is 10.0. The molecule has 1 aliphatic heterocycles. The minimum atomic E-state index is -1.52. The van der Waals surface area contributed by atoms with Crippen molar-refractivity contribution in [3.05, 3.63) is 12.2 Å². The number of carbonyl (C=O) groups excluding carboxylic acids is 1. The summed E-state index contributed by atoms with van der Waals surface area (Å²) >= 11 is 0. The van der Waals surface area contributed by atoms with Crippen LogP contribution in [0.5, 0.6) is 0 Å². The van der Waals surface area contributed by atoms with Crippen LogP contribution < -0.4 is 0 Å². The molecule has 0 aromatic heterocycles. The van der Waals surface area contributed by atoms with Gasteiger partial charge < -0.3 is 15.1 Å². The van der Waals surface area contributed by atoms with Crippen molar-refractivity contribution in [2.45, 2.75) is 31.3 Å². The maximum atomic E-state index is 11.9. The Morgan fingerprint density at radius 1 is 1.33 bits per heavy atom. The number of hydrogen-bond donors (Lipinski definition) is 2. The van der Waals surface area contributed by atoms with Crippen molar-refractivity contribution < 1.29 is 24.6 Å². The summed E-state index contributed by atoms with van der Waals surface area (Å²) in [6.45, 7) is -0.0878. The third-order valence-electron chi connectivity index (χ3n) is 3.25. The Labute approximate surface area is 103 Å². The van der Waals surface area contributed by atoms with E-state index in [1.165, 1.54) is 4.90 Å². The van der Waals surface area contributed by atoms with Gasteiger partial charge in [0.15, 0.2) is 6.04 Å². The van der Waals surface area contributed by atoms with Gasteiger partial charge in [0.2, 0.25) is 0 Å². The van der Waals surface area contributed by atoms with Crippen LogP contribution in [0.1, 0.15) is 19.3 Å². The summed E-state index contributed by atoms with van der Waals surface area (Å²) in [6.07, 6.45) is 4.84. The van der Waals surface area contributed by atoms with Crippen LogP contribution in [0.25, 0.3) is 0 Å². The van der Waals surface area contributed by atoms with Crippen molar-refractivity contribution >= 4 is 18.1 Å². The van der Waals surface area contributed by atoms with Crippen LogP contribution >= 0.6 is 0 Å². The Morgan fingerprint density at radius 3 is 2.50 bits per heavy atom. The molecule has 18 heavy (non-hydrogen) atoms. The Balaban J connectivity index is 2.22. The molecule has 2 aliphatic rings. The second-order valence-electron chi connectivity index (χ2n) is 4.37. The third-order valence-corrected chi connectivity index (χ3v) is 3.25. The Morgan fingerprint density at radius 2 is 2.06 bits per heavy atom. The van der Waals surface area contributed by atoms with Crippen molar-refractivity contribution in [3.8, 4) is 0 Å². The second kappa shape index (κ2) is 4.67. The normalized spacial score (nSPS) is 27.7. The van der Waals surface area contributed by atoms with Crippen LogP contribution in [0.4, 0.5) is 9.59 Å². The van der Waals surface area contributed by atoms with Crippen molar-refractivity contribution in [2.24, 2.45) is 0 Å². The first-order chi connectivity index (χ1) is 8.52. The van der Waals surface area contributed by atoms with Crippen molar-refractivity contribution in [1.82, 2.24) is 9.80 Å². The Bertz CT molecular complexity index is 420. The molecule has 0 spiro atoms. The zero-order valence-corrected chi connectivity index (χ0v) is 9.65. The van der Waals surface area contributed by atoms with Gasteiger partial charge >= 0.3 is 18.1 Å². The minimum Gasteiger partial charge on any atom is -0.480 e. The fourth-order valence-electron chi connectivity index (χ4n) is 2.35. The Kier molecular flexibility index (Phi) is 3.22. The molecule has 2 unspecified atom stereocenters. The van der Waals surface area contributed by atoms with Crippen LogP contribution in [0.2, 0.25) is 0 Å². The van der Waals surface area contributed by atoms with Gasteiger partial charge in [-0.05, 0) is 19.3 Å². The van der Waals surface area contributed by atoms with Crippen LogP contribution in [0, 0.1) is 0 Å². The molecule has 0 aromatic carbocycles. The van der Waals surface area contributed by atoms with E-state index in [0.29, 0.717) is 4.90 Å². The third kappa shape index (κ3) is 2.03. The standard InChI is InChI=1S/C11H14N2O5/c14-9(15)8-6-12(7-4-2-1-3-5-7)10(16)13(8)11(17)18/h2,4,7-8H,1,3,5-6H2,(H,14,15)(H,17,18). The topological polar surface area (TPSA) is 98.2 Å². The number of allylic oxidation sites excluding steroid dienone is 1. The number of urea groups is 1. The fraction of sp³-hybridized carbons (Fsp3) is 0.545. The zero-order chi connectivity index (χ0) is 13.3. The molecule has 0 aromatic rings. The monoisotopic (exact) mass is 254 g/mol. The van der Waals surface area contributed by atoms with Crippen LogP contribution in [-0.2, 0) is 4.79 Å². The molecular formula is C11H14N2O5. The smallest absolute Gasteiger partial charge is 0.416 e. The molecule has 2 N–H and O–H groups in total. The molecule has 98 valence electrons. The summed E-state index contributed by atoms with van der Waals surface area (Å²) in [5.41, 5.74) is 0. The highest BCUT2D eigenvalue weighted by Gasteiger charge is 2.47. The molecule has 0 radical (unpaired) electrons. The summed E-state index contributed by atoms with van der Waals surface area (Å²) < 4.78 is 0. The van der Waals surface area contributed by atoms with Gasteiger partial charge in [-0.2, -0.15) is 0 Å². The lowest BCUT2D eigenvalue weighted by Crippen LogP contribution is -2.43. The quantitative estimate of drug-likeness (QED) is 0.715. The van der Waals surface area contributed by atoms with Gasteiger partial charge in [0.1, 0.15) is 0 Å². The number of aliphatic carboxylic acids is 1. The number of rotatable bonds is 2. The number of amides is 3. The molecule has 1 fully saturated rings. The molecular weight excluding hydrogens is 240 g/mol. The molecule has 1 heterocycles. The fourth-order valence-corrected chi connectivity index (χ4v) is 2.35. The van der Waals surface area contributed by atoms with Gasteiger partial charge in [-0.15, -0.1) is 0 Å². The van der Waals surface area contributed by atoms with Gasteiger partial charge in [0, 0.05) is 0 Å². The zero-order valence-electron chi connectivity index (χ0n) is 9.65. The van der Waals surface area contributed by atoms with Gasteiger partial charge in [0.25, 0.3) is 0 Å². The Hall–Kier alpha value is -2.05. The van der Waals surface area contributed by atoms with E-state index in [0.717, 1.165) is 19.3 Å². The second-order valence-corrected chi connectivity index (χ2v) is 4.37. The highest BCUT2D eigenvalue weighted by molar-refractivity contribution is 5.98. The summed E-state index contributed by atoms with van der Waals surface area (Å²) in [7, 11) is 0. The molecule has 0 bridgehead atoms. The van der Waals surface area contributed by atoms with Crippen molar-refractivity contribution in [1.29, 1.82) is 0 Å². The number of hydrogen-bond acceptors (Lipinski definition) is 3. The molecule has 7 nitrogen and oxygen atoms in total. The van der Waals surface area contributed by atoms with E-state index in [1.54, 1.807) is 0 Å². The molecule has 3 amide bonds. The average Bonchev–Trinajstić information content (AvgIpc) is 2.68. The summed E-state index contributed by atoms with van der Waals surface area (Å²) in [4.78, 5) is 35.6. The van der Waals surface area contributed by atoms with Crippen LogP contribution in [0.15, 0.2) is 12.2 Å². The predicted molar refractivity (Wildman–Crippen MR) is 60.2 cm³/mol. The molecule has 7 heteroatoms. The number of carboxylic acid groups (broad SMARTS) is 2. The molecule has 2 rings (SSSR count). The number of imide groups is 1. The summed E-state index contributed by atoms with van der Waals surface area (Å²) in [6, 6.07) is -2.26. The lowest BCUT2D eigenvalue weighted by molar-refractivity contribution is -0.140. The van der Waals surface area contributed by atoms with Crippen molar-refractivity contribution in [2.75, 3.05) is 6.54 Å². The average molecular weight is 254 g/mol. The van der Waals surface area contributed by atoms with E-state index >= 15 is 0 Å². The highest BCUT2D eigenvalue weighted by Crippen LogP contribution is 2.24. The maximum Gasteiger partial charge on any atom is 0.416 e. The van der Waals surface area contributed by atoms with E-state index < -0.39 is 24.1 Å². The van der Waals surface area contributed by atoms with E-state index in [-0.39, 0.29) is 12.6 Å². The SMILES string of the molecule is O=C(O)C1CN(C2C=CCCC2)C(=O)N1C(=O)O. The largest absolute Gasteiger partial charge is 0.480 e. The first-order valence-corrected chi connectivity index (χ1v) is 5.74. The first kappa shape index (κ1) is 12.4. The van der Waals surface area contributed by atoms with E-state index in [1.807, 2.05) is 12.2 Å². The first-order valence-electron chi connectivity index (χ1n) is 5.74. The molecule has 0 saturated carbocycles. The number of nitrogens with zero attached hydrogens (tertiary/aromatic N) is 2. The lowest BCUT2D eigenvalue weighted by Gasteiger charge is -2.26. The van der Waals surface area contributed by atoms with E-state index in [4.69, 9.17) is 10.2 Å². The number of carbonyl (C=O) groups is 3. The molecule has 1 saturated heterocycles. The van der Waals surface area contributed by atoms with Gasteiger partial charge in [0.05, 0.1) is 12.6 Å². The molecule has 2 atom stereocenters. The summed E-state index contributed by atoms with van der Waals surface area (Å²) in [5, 5.41) is 17.9. The minimum absolute atomic E-state index is 0.0878. The van der Waals surface area contributed by atoms with E-state index in [2.05, 4.69) is 0 Å². The number of carboxylic acids is 1. The van der Waals surface area contributed by atoms with Gasteiger partial charge in [-0.1, -0.05) is 12.2 Å².